The van der Waals surface area contributed by atoms with Gasteiger partial charge < -0.3 is 15.0 Å². The zero-order valence-corrected chi connectivity index (χ0v) is 15.4. The Hall–Kier alpha value is -2.54. The lowest BCUT2D eigenvalue weighted by Crippen LogP contribution is -2.28. The van der Waals surface area contributed by atoms with Gasteiger partial charge in [-0.1, -0.05) is 23.9 Å². The van der Waals surface area contributed by atoms with Crippen LogP contribution < -0.4 is 10.1 Å². The fourth-order valence-corrected chi connectivity index (χ4v) is 3.24. The first kappa shape index (κ1) is 18.3. The molecule has 0 aliphatic carbocycles. The third-order valence-corrected chi connectivity index (χ3v) is 4.70. The van der Waals surface area contributed by atoms with Gasteiger partial charge in [-0.05, 0) is 43.7 Å². The van der Waals surface area contributed by atoms with Crippen LogP contribution >= 0.6 is 11.8 Å². The summed E-state index contributed by atoms with van der Waals surface area (Å²) in [5, 5.41) is 3.58. The van der Waals surface area contributed by atoms with Gasteiger partial charge in [-0.25, -0.2) is 9.37 Å². The summed E-state index contributed by atoms with van der Waals surface area (Å²) in [5.74, 6) is 0.623. The molecule has 3 aromatic rings. The van der Waals surface area contributed by atoms with Gasteiger partial charge in [-0.2, -0.15) is 0 Å². The van der Waals surface area contributed by atoms with E-state index in [9.17, 15) is 9.18 Å². The van der Waals surface area contributed by atoms with E-state index >= 15 is 0 Å². The molecular formula is C19H20FN3O2S. The second-order valence-corrected chi connectivity index (χ2v) is 6.75. The second kappa shape index (κ2) is 8.23. The molecule has 0 aliphatic rings. The standard InChI is InChI=1S/C19H20FN3O2S/c1-3-25-15-8-9-16-17(10-15)23-19(22-16)26-11-18(24)21-12(2)13-4-6-14(20)7-5-13/h4-10,12H,3,11H2,1-2H3,(H,21,24)(H,22,23)/t12-/m0/s1. The first-order chi connectivity index (χ1) is 12.5. The number of hydrogen-bond acceptors (Lipinski definition) is 4. The Morgan fingerprint density at radius 3 is 2.81 bits per heavy atom. The maximum absolute atomic E-state index is 13.0. The van der Waals surface area contributed by atoms with Crippen molar-refractivity contribution in [3.05, 3.63) is 53.8 Å². The maximum Gasteiger partial charge on any atom is 0.230 e. The van der Waals surface area contributed by atoms with Crippen molar-refractivity contribution in [2.75, 3.05) is 12.4 Å². The minimum Gasteiger partial charge on any atom is -0.494 e. The van der Waals surface area contributed by atoms with Gasteiger partial charge in [-0.15, -0.1) is 0 Å². The number of benzene rings is 2. The predicted molar refractivity (Wildman–Crippen MR) is 101 cm³/mol. The number of imidazole rings is 1. The summed E-state index contributed by atoms with van der Waals surface area (Å²) >= 11 is 1.33. The molecule has 26 heavy (non-hydrogen) atoms. The molecule has 1 aromatic heterocycles. The Labute approximate surface area is 155 Å². The van der Waals surface area contributed by atoms with Gasteiger partial charge in [-0.3, -0.25) is 4.79 Å². The normalized spacial score (nSPS) is 12.1. The van der Waals surface area contributed by atoms with E-state index in [1.54, 1.807) is 12.1 Å². The van der Waals surface area contributed by atoms with Gasteiger partial charge in [0.2, 0.25) is 5.91 Å². The van der Waals surface area contributed by atoms with Crippen LogP contribution in [0.3, 0.4) is 0 Å². The number of halogens is 1. The number of nitrogens with one attached hydrogen (secondary N) is 2. The third kappa shape index (κ3) is 4.54. The molecule has 0 aliphatic heterocycles. The highest BCUT2D eigenvalue weighted by Gasteiger charge is 2.12. The minimum absolute atomic E-state index is 0.109. The molecule has 0 fully saturated rings. The van der Waals surface area contributed by atoms with E-state index in [-0.39, 0.29) is 23.5 Å². The molecular weight excluding hydrogens is 353 g/mol. The van der Waals surface area contributed by atoms with E-state index in [2.05, 4.69) is 15.3 Å². The summed E-state index contributed by atoms with van der Waals surface area (Å²) in [6, 6.07) is 11.6. The summed E-state index contributed by atoms with van der Waals surface area (Å²) < 4.78 is 18.4. The van der Waals surface area contributed by atoms with Crippen molar-refractivity contribution >= 4 is 28.7 Å². The van der Waals surface area contributed by atoms with E-state index in [4.69, 9.17) is 4.74 Å². The highest BCUT2D eigenvalue weighted by atomic mass is 32.2. The SMILES string of the molecule is CCOc1ccc2nc(SCC(=O)N[C@@H](C)c3ccc(F)cc3)[nH]c2c1. The first-order valence-electron chi connectivity index (χ1n) is 8.35. The fourth-order valence-electron chi connectivity index (χ4n) is 2.54. The molecule has 2 aromatic carbocycles. The number of H-pyrrole nitrogens is 1. The van der Waals surface area contributed by atoms with Crippen LogP contribution in [-0.2, 0) is 4.79 Å². The second-order valence-electron chi connectivity index (χ2n) is 5.78. The van der Waals surface area contributed by atoms with Crippen LogP contribution in [0.5, 0.6) is 5.75 Å². The number of fused-ring (bicyclic) bond motifs is 1. The summed E-state index contributed by atoms with van der Waals surface area (Å²) in [6.07, 6.45) is 0. The van der Waals surface area contributed by atoms with Crippen molar-refractivity contribution in [3.63, 3.8) is 0 Å². The number of hydrogen-bond donors (Lipinski definition) is 2. The van der Waals surface area contributed by atoms with Crippen LogP contribution in [0, 0.1) is 5.82 Å². The maximum atomic E-state index is 13.0. The van der Waals surface area contributed by atoms with Gasteiger partial charge in [0.1, 0.15) is 11.6 Å². The van der Waals surface area contributed by atoms with Crippen LogP contribution in [0.2, 0.25) is 0 Å². The quantitative estimate of drug-likeness (QED) is 0.613. The summed E-state index contributed by atoms with van der Waals surface area (Å²) in [5.41, 5.74) is 2.56. The van der Waals surface area contributed by atoms with Crippen molar-refractivity contribution in [2.45, 2.75) is 25.0 Å². The zero-order valence-electron chi connectivity index (χ0n) is 14.6. The Morgan fingerprint density at radius 1 is 1.31 bits per heavy atom. The summed E-state index contributed by atoms with van der Waals surface area (Å²) in [7, 11) is 0. The fraction of sp³-hybridized carbons (Fsp3) is 0.263. The van der Waals surface area contributed by atoms with Gasteiger partial charge >= 0.3 is 0 Å². The van der Waals surface area contributed by atoms with Crippen molar-refractivity contribution in [2.24, 2.45) is 0 Å². The van der Waals surface area contributed by atoms with Crippen molar-refractivity contribution in [1.29, 1.82) is 0 Å². The average molecular weight is 373 g/mol. The van der Waals surface area contributed by atoms with E-state index in [0.29, 0.717) is 11.8 Å². The van der Waals surface area contributed by atoms with Crippen molar-refractivity contribution < 1.29 is 13.9 Å². The van der Waals surface area contributed by atoms with Crippen LogP contribution in [0.25, 0.3) is 11.0 Å². The number of amides is 1. The van der Waals surface area contributed by atoms with Crippen molar-refractivity contribution in [3.8, 4) is 5.75 Å². The molecule has 0 saturated heterocycles. The summed E-state index contributed by atoms with van der Waals surface area (Å²) in [6.45, 7) is 4.41. The Kier molecular flexibility index (Phi) is 5.78. The number of nitrogens with zero attached hydrogens (tertiary/aromatic N) is 1. The molecule has 0 radical (unpaired) electrons. The number of carbonyl (C=O) groups excluding carboxylic acids is 1. The molecule has 0 spiro atoms. The molecule has 1 atom stereocenters. The molecule has 1 amide bonds. The largest absolute Gasteiger partial charge is 0.494 e. The van der Waals surface area contributed by atoms with Crippen LogP contribution in [0.15, 0.2) is 47.6 Å². The Balaban J connectivity index is 1.57. The first-order valence-corrected chi connectivity index (χ1v) is 9.34. The molecule has 2 N–H and O–H groups in total. The molecule has 0 bridgehead atoms. The molecule has 0 saturated carbocycles. The number of aromatic nitrogens is 2. The number of carbonyl (C=O) groups is 1. The minimum atomic E-state index is -0.291. The van der Waals surface area contributed by atoms with Gasteiger partial charge in [0.15, 0.2) is 5.16 Å². The molecule has 136 valence electrons. The van der Waals surface area contributed by atoms with Crippen LogP contribution in [-0.4, -0.2) is 28.2 Å². The van der Waals surface area contributed by atoms with Gasteiger partial charge in [0.25, 0.3) is 0 Å². The Bertz CT molecular complexity index is 895. The molecule has 1 heterocycles. The molecule has 0 unspecified atom stereocenters. The molecule has 3 rings (SSSR count). The van der Waals surface area contributed by atoms with E-state index in [0.717, 1.165) is 22.3 Å². The van der Waals surface area contributed by atoms with Gasteiger partial charge in [0.05, 0.1) is 29.4 Å². The topological polar surface area (TPSA) is 67.0 Å². The zero-order chi connectivity index (χ0) is 18.5. The predicted octanol–water partition coefficient (Wildman–Crippen LogP) is 4.07. The van der Waals surface area contributed by atoms with E-state index < -0.39 is 0 Å². The van der Waals surface area contributed by atoms with Crippen LogP contribution in [0.4, 0.5) is 4.39 Å². The highest BCUT2D eigenvalue weighted by Crippen LogP contribution is 2.23. The molecule has 7 heteroatoms. The van der Waals surface area contributed by atoms with Gasteiger partial charge in [0, 0.05) is 6.07 Å². The third-order valence-electron chi connectivity index (χ3n) is 3.83. The lowest BCUT2D eigenvalue weighted by molar-refractivity contribution is -0.119. The number of aromatic amines is 1. The number of ether oxygens (including phenoxy) is 1. The summed E-state index contributed by atoms with van der Waals surface area (Å²) in [4.78, 5) is 19.8. The molecule has 5 nitrogen and oxygen atoms in total. The van der Waals surface area contributed by atoms with E-state index in [1.165, 1.54) is 23.9 Å². The monoisotopic (exact) mass is 373 g/mol. The number of rotatable bonds is 7. The lowest BCUT2D eigenvalue weighted by Gasteiger charge is -2.13. The average Bonchev–Trinajstić information content (AvgIpc) is 3.03. The Morgan fingerprint density at radius 2 is 2.08 bits per heavy atom. The van der Waals surface area contributed by atoms with Crippen molar-refractivity contribution in [1.82, 2.24) is 15.3 Å². The van der Waals surface area contributed by atoms with E-state index in [1.807, 2.05) is 32.0 Å². The number of thioether (sulfide) groups is 1. The van der Waals surface area contributed by atoms with Crippen LogP contribution in [0.1, 0.15) is 25.5 Å². The smallest absolute Gasteiger partial charge is 0.230 e. The lowest BCUT2D eigenvalue weighted by atomic mass is 10.1. The highest BCUT2D eigenvalue weighted by molar-refractivity contribution is 7.99.